The van der Waals surface area contributed by atoms with Crippen molar-refractivity contribution in [3.8, 4) is 0 Å². The fraction of sp³-hybridized carbons (Fsp3) is 0.333. The van der Waals surface area contributed by atoms with E-state index in [1.165, 1.54) is 22.6 Å². The van der Waals surface area contributed by atoms with Gasteiger partial charge in [-0.05, 0) is 37.0 Å². The van der Waals surface area contributed by atoms with E-state index in [9.17, 15) is 13.6 Å². The van der Waals surface area contributed by atoms with Gasteiger partial charge in [0.2, 0.25) is 5.91 Å². The molecule has 1 atom stereocenters. The Kier molecular flexibility index (Phi) is 4.38. The second-order valence-electron chi connectivity index (χ2n) is 8.26. The largest absolute Gasteiger partial charge is 0.338 e. The van der Waals surface area contributed by atoms with Crippen molar-refractivity contribution in [2.45, 2.75) is 25.2 Å². The van der Waals surface area contributed by atoms with Crippen molar-refractivity contribution < 1.29 is 13.6 Å². The van der Waals surface area contributed by atoms with Gasteiger partial charge in [0.1, 0.15) is 17.0 Å². The van der Waals surface area contributed by atoms with Crippen LogP contribution in [-0.4, -0.2) is 49.4 Å². The van der Waals surface area contributed by atoms with Crippen LogP contribution in [0.5, 0.6) is 0 Å². The number of carbonyl (C=O) groups is 1. The second-order valence-corrected chi connectivity index (χ2v) is 9.75. The maximum absolute atomic E-state index is 13.2. The molecule has 0 spiro atoms. The Morgan fingerprint density at radius 1 is 1.31 bits per heavy atom. The molecule has 1 saturated heterocycles. The third-order valence-electron chi connectivity index (χ3n) is 6.09. The molecule has 0 radical (unpaired) electrons. The van der Waals surface area contributed by atoms with Crippen LogP contribution in [0.3, 0.4) is 0 Å². The first-order valence-corrected chi connectivity index (χ1v) is 11.4. The monoisotopic (exact) mass is 474 g/mol. The fourth-order valence-corrected chi connectivity index (χ4v) is 5.97. The molecule has 0 saturated carbocycles. The van der Waals surface area contributed by atoms with Gasteiger partial charge < -0.3 is 10.2 Å². The number of thiophene rings is 1. The number of pyridine rings is 1. The number of aryl methyl sites for hydroxylation is 1. The van der Waals surface area contributed by atoms with Gasteiger partial charge in [-0.2, -0.15) is 5.10 Å². The summed E-state index contributed by atoms with van der Waals surface area (Å²) in [5.41, 5.74) is 2.72. The van der Waals surface area contributed by atoms with Gasteiger partial charge in [0, 0.05) is 23.2 Å². The average Bonchev–Trinajstić information content (AvgIpc) is 3.35. The van der Waals surface area contributed by atoms with Crippen molar-refractivity contribution >= 4 is 56.1 Å². The number of nitrogens with zero attached hydrogens (tertiary/aromatic N) is 5. The third kappa shape index (κ3) is 3.20. The highest BCUT2D eigenvalue weighted by Crippen LogP contribution is 2.42. The normalized spacial score (nSPS) is 19.7. The topological polar surface area (TPSA) is 75.4 Å². The Labute approximate surface area is 190 Å². The number of hydrogen-bond donors (Lipinski definition) is 1. The first kappa shape index (κ1) is 19.8. The first-order chi connectivity index (χ1) is 15.4. The Balaban J connectivity index is 1.31. The molecule has 11 heteroatoms. The van der Waals surface area contributed by atoms with Gasteiger partial charge in [-0.3, -0.25) is 4.79 Å². The van der Waals surface area contributed by atoms with Crippen LogP contribution in [0, 0.1) is 5.92 Å². The van der Waals surface area contributed by atoms with Crippen LogP contribution in [0.25, 0.3) is 15.7 Å². The number of fused-ring (bicyclic) bond motifs is 4. The van der Waals surface area contributed by atoms with Crippen LogP contribution in [0.1, 0.15) is 16.9 Å². The minimum absolute atomic E-state index is 0.177. The fourth-order valence-electron chi connectivity index (χ4n) is 4.51. The molecule has 1 fully saturated rings. The number of likely N-dealkylation sites (tertiary alicyclic amines) is 1. The molecule has 7 nitrogen and oxygen atoms in total. The van der Waals surface area contributed by atoms with E-state index in [0.717, 1.165) is 26.2 Å². The predicted octanol–water partition coefficient (Wildman–Crippen LogP) is 4.32. The number of hydrogen-bond acceptors (Lipinski definition) is 6. The van der Waals surface area contributed by atoms with Gasteiger partial charge in [-0.15, -0.1) is 11.3 Å². The molecule has 6 rings (SSSR count). The maximum atomic E-state index is 13.2. The van der Waals surface area contributed by atoms with Crippen molar-refractivity contribution in [3.05, 3.63) is 46.3 Å². The smallest absolute Gasteiger partial charge is 0.282 e. The summed E-state index contributed by atoms with van der Waals surface area (Å²) in [6.45, 7) is -0.938. The van der Waals surface area contributed by atoms with Gasteiger partial charge in [-0.1, -0.05) is 11.6 Å². The number of amides is 1. The molecule has 0 bridgehead atoms. The van der Waals surface area contributed by atoms with E-state index in [2.05, 4.69) is 20.4 Å². The molecule has 1 aliphatic heterocycles. The SMILES string of the molecule is O=C([C@H]1CCc2c(sc3ncnc(Nc4cc5ccnn5cc4Cl)c23)C1)N1CC(F)(F)C1. The molecule has 5 heterocycles. The molecule has 1 N–H and O–H groups in total. The minimum atomic E-state index is -2.75. The van der Waals surface area contributed by atoms with E-state index in [0.29, 0.717) is 35.8 Å². The van der Waals surface area contributed by atoms with Crippen LogP contribution in [0.15, 0.2) is 30.9 Å². The third-order valence-corrected chi connectivity index (χ3v) is 7.55. The quantitative estimate of drug-likeness (QED) is 0.478. The van der Waals surface area contributed by atoms with Gasteiger partial charge in [0.25, 0.3) is 5.92 Å². The summed E-state index contributed by atoms with van der Waals surface area (Å²) in [6, 6.07) is 3.79. The number of anilines is 2. The molecule has 164 valence electrons. The maximum Gasteiger partial charge on any atom is 0.282 e. The highest BCUT2D eigenvalue weighted by Gasteiger charge is 2.48. The summed E-state index contributed by atoms with van der Waals surface area (Å²) < 4.78 is 28.1. The molecule has 32 heavy (non-hydrogen) atoms. The van der Waals surface area contributed by atoms with E-state index in [4.69, 9.17) is 11.6 Å². The number of halogens is 3. The van der Waals surface area contributed by atoms with Crippen molar-refractivity contribution in [1.82, 2.24) is 24.5 Å². The predicted molar refractivity (Wildman–Crippen MR) is 118 cm³/mol. The van der Waals surface area contributed by atoms with Gasteiger partial charge in [-0.25, -0.2) is 23.3 Å². The standard InChI is InChI=1S/C21H17ClF2N6OS/c22-14-7-30-12(3-4-27-30)6-15(14)28-18-17-13-2-1-11(20(31)29-8-21(23,24)9-29)5-16(13)32-19(17)26-10-25-18/h3-4,6-7,10-11H,1-2,5,8-9H2,(H,25,26,28)/t11-/m0/s1. The van der Waals surface area contributed by atoms with E-state index in [1.54, 1.807) is 16.9 Å². The molecule has 1 aliphatic carbocycles. The highest BCUT2D eigenvalue weighted by molar-refractivity contribution is 7.19. The molecule has 2 aliphatic rings. The van der Waals surface area contributed by atoms with Crippen molar-refractivity contribution in [3.63, 3.8) is 0 Å². The van der Waals surface area contributed by atoms with Crippen molar-refractivity contribution in [1.29, 1.82) is 0 Å². The van der Waals surface area contributed by atoms with E-state index in [1.807, 2.05) is 12.1 Å². The zero-order valence-electron chi connectivity index (χ0n) is 16.7. The summed E-state index contributed by atoms with van der Waals surface area (Å²) in [6.07, 6.45) is 6.77. The lowest BCUT2D eigenvalue weighted by Gasteiger charge is -2.41. The summed E-state index contributed by atoms with van der Waals surface area (Å²) in [5.74, 6) is -2.53. The highest BCUT2D eigenvalue weighted by atomic mass is 35.5. The van der Waals surface area contributed by atoms with Gasteiger partial charge in [0.15, 0.2) is 0 Å². The minimum Gasteiger partial charge on any atom is -0.338 e. The summed E-state index contributed by atoms with van der Waals surface area (Å²) >= 11 is 7.98. The lowest BCUT2D eigenvalue weighted by molar-refractivity contribution is -0.169. The van der Waals surface area contributed by atoms with Crippen LogP contribution in [0.4, 0.5) is 20.3 Å². The second kappa shape index (κ2) is 7.08. The van der Waals surface area contributed by atoms with Crippen molar-refractivity contribution in [2.75, 3.05) is 18.4 Å². The molecular formula is C21H17ClF2N6OS. The van der Waals surface area contributed by atoms with Gasteiger partial charge >= 0.3 is 0 Å². The first-order valence-electron chi connectivity index (χ1n) is 10.2. The Bertz CT molecular complexity index is 1380. The lowest BCUT2D eigenvalue weighted by atomic mass is 9.86. The molecule has 1 amide bonds. The zero-order valence-corrected chi connectivity index (χ0v) is 18.3. The Morgan fingerprint density at radius 3 is 2.97 bits per heavy atom. The van der Waals surface area contributed by atoms with E-state index < -0.39 is 19.0 Å². The average molecular weight is 475 g/mol. The zero-order chi connectivity index (χ0) is 22.0. The molecule has 4 aromatic heterocycles. The summed E-state index contributed by atoms with van der Waals surface area (Å²) in [7, 11) is 0. The summed E-state index contributed by atoms with van der Waals surface area (Å²) in [4.78, 5) is 24.7. The molecule has 0 aromatic carbocycles. The van der Waals surface area contributed by atoms with E-state index >= 15 is 0 Å². The number of alkyl halides is 2. The van der Waals surface area contributed by atoms with Crippen LogP contribution >= 0.6 is 22.9 Å². The molecular weight excluding hydrogens is 458 g/mol. The Hall–Kier alpha value is -2.85. The number of rotatable bonds is 3. The summed E-state index contributed by atoms with van der Waals surface area (Å²) in [5, 5.41) is 8.96. The van der Waals surface area contributed by atoms with Crippen molar-refractivity contribution in [2.24, 2.45) is 5.92 Å². The van der Waals surface area contributed by atoms with Crippen LogP contribution in [0.2, 0.25) is 5.02 Å². The molecule has 4 aromatic rings. The lowest BCUT2D eigenvalue weighted by Crippen LogP contribution is -2.60. The van der Waals surface area contributed by atoms with Crippen LogP contribution < -0.4 is 5.32 Å². The number of nitrogens with one attached hydrogen (secondary N) is 1. The number of carbonyl (C=O) groups excluding carboxylic acids is 1. The van der Waals surface area contributed by atoms with E-state index in [-0.39, 0.29) is 11.8 Å². The number of aromatic nitrogens is 4. The molecule has 0 unspecified atom stereocenters. The Morgan fingerprint density at radius 2 is 2.16 bits per heavy atom. The van der Waals surface area contributed by atoms with Crippen LogP contribution in [-0.2, 0) is 17.6 Å². The van der Waals surface area contributed by atoms with Gasteiger partial charge in [0.05, 0.1) is 34.7 Å².